The molecule has 0 aromatic carbocycles. The Hall–Kier alpha value is -1.64. The van der Waals surface area contributed by atoms with Crippen molar-refractivity contribution in [2.75, 3.05) is 31.2 Å². The first-order valence-electron chi connectivity index (χ1n) is 22.6. The molecule has 0 heterocycles. The molecule has 314 valence electrons. The lowest BCUT2D eigenvalue weighted by atomic mass is 10.0. The van der Waals surface area contributed by atoms with E-state index in [1.54, 1.807) is 0 Å². The second-order valence-electron chi connectivity index (χ2n) is 15.3. The van der Waals surface area contributed by atoms with Gasteiger partial charge in [0.05, 0.1) is 6.42 Å². The average molecular weight is 771 g/mol. The van der Waals surface area contributed by atoms with E-state index < -0.39 is 24.3 Å². The minimum absolute atomic E-state index is 0.0312. The van der Waals surface area contributed by atoms with Crippen LogP contribution in [0.2, 0.25) is 0 Å². The number of ether oxygens (including phenoxy) is 2. The number of aliphatic carboxylic acids is 1. The third-order valence-electron chi connectivity index (χ3n) is 10.0. The van der Waals surface area contributed by atoms with Crippen LogP contribution in [0.1, 0.15) is 226 Å². The summed E-state index contributed by atoms with van der Waals surface area (Å²) in [5, 5.41) is 14.6. The molecule has 0 fully saturated rings. The van der Waals surface area contributed by atoms with Crippen LogP contribution in [-0.2, 0) is 14.3 Å². The van der Waals surface area contributed by atoms with Crippen LogP contribution in [-0.4, -0.2) is 60.6 Å². The van der Waals surface area contributed by atoms with Gasteiger partial charge in [-0.25, -0.2) is 9.59 Å². The van der Waals surface area contributed by atoms with Crippen LogP contribution in [0.4, 0.5) is 9.59 Å². The van der Waals surface area contributed by atoms with Gasteiger partial charge in [-0.15, -0.1) is 0 Å². The molecule has 0 radical (unpaired) electrons. The fraction of sp³-hybridized carbons (Fsp3) is 0.932. The number of rotatable bonds is 42. The molecule has 1 unspecified atom stereocenters. The predicted molar refractivity (Wildman–Crippen MR) is 226 cm³/mol. The first-order chi connectivity index (χ1) is 26.0. The van der Waals surface area contributed by atoms with Crippen molar-refractivity contribution in [3.8, 4) is 0 Å². The maximum atomic E-state index is 12.5. The van der Waals surface area contributed by atoms with E-state index in [2.05, 4.69) is 24.5 Å². The largest absolute Gasteiger partial charge is 0.481 e. The van der Waals surface area contributed by atoms with E-state index >= 15 is 0 Å². The number of carboxylic acid groups (broad SMARTS) is 1. The van der Waals surface area contributed by atoms with Crippen LogP contribution in [0.5, 0.6) is 0 Å². The molecular weight excluding hydrogens is 685 g/mol. The van der Waals surface area contributed by atoms with E-state index in [4.69, 9.17) is 14.6 Å². The molecule has 0 aliphatic carbocycles. The van der Waals surface area contributed by atoms with Gasteiger partial charge < -0.3 is 25.2 Å². The highest BCUT2D eigenvalue weighted by molar-refractivity contribution is 7.99. The molecule has 3 N–H and O–H groups in total. The molecule has 0 bridgehead atoms. The van der Waals surface area contributed by atoms with Gasteiger partial charge in [0.25, 0.3) is 0 Å². The fourth-order valence-corrected chi connectivity index (χ4v) is 7.54. The monoisotopic (exact) mass is 771 g/mol. The number of hydrogen-bond donors (Lipinski definition) is 3. The lowest BCUT2D eigenvalue weighted by Crippen LogP contribution is -2.35. The number of carbonyl (C=O) groups is 3. The number of nitrogens with one attached hydrogen (secondary N) is 2. The van der Waals surface area contributed by atoms with Crippen LogP contribution in [0.25, 0.3) is 0 Å². The standard InChI is InChI=1S/C44H86N2O6S/c1-3-5-7-9-11-13-15-17-19-21-23-25-27-29-31-33-36-45-43(49)51-39-41(40-53-38-35-42(47)48)52-44(50)46-37-34-32-30-28-26-24-22-20-18-16-14-12-10-8-6-4-2/h41H,3-40H2,1-2H3,(H,45,49)(H,46,50)(H,47,48). The zero-order valence-corrected chi connectivity index (χ0v) is 35.7. The van der Waals surface area contributed by atoms with Crippen LogP contribution >= 0.6 is 11.8 Å². The average Bonchev–Trinajstić information content (AvgIpc) is 3.14. The Bertz CT molecular complexity index is 802. The van der Waals surface area contributed by atoms with Gasteiger partial charge in [-0.2, -0.15) is 11.8 Å². The number of alkyl carbamates (subject to hydrolysis) is 2. The van der Waals surface area contributed by atoms with Crippen molar-refractivity contribution in [3.63, 3.8) is 0 Å². The van der Waals surface area contributed by atoms with E-state index in [0.717, 1.165) is 25.7 Å². The molecule has 0 aromatic rings. The molecule has 0 aliphatic heterocycles. The van der Waals surface area contributed by atoms with Gasteiger partial charge in [0.15, 0.2) is 0 Å². The number of hydrogen-bond acceptors (Lipinski definition) is 6. The van der Waals surface area contributed by atoms with Gasteiger partial charge in [-0.1, -0.05) is 206 Å². The summed E-state index contributed by atoms with van der Waals surface area (Å²) < 4.78 is 10.9. The summed E-state index contributed by atoms with van der Waals surface area (Å²) in [5.74, 6) is -0.0932. The van der Waals surface area contributed by atoms with Crippen molar-refractivity contribution >= 4 is 29.9 Å². The molecule has 0 saturated carbocycles. The zero-order chi connectivity index (χ0) is 38.7. The maximum absolute atomic E-state index is 12.5. The van der Waals surface area contributed by atoms with Crippen molar-refractivity contribution in [1.29, 1.82) is 0 Å². The molecule has 1 atom stereocenters. The van der Waals surface area contributed by atoms with Gasteiger partial charge >= 0.3 is 18.2 Å². The third-order valence-corrected chi connectivity index (χ3v) is 11.1. The predicted octanol–water partition coefficient (Wildman–Crippen LogP) is 13.5. The Morgan fingerprint density at radius 1 is 0.491 bits per heavy atom. The van der Waals surface area contributed by atoms with Crippen molar-refractivity contribution < 1.29 is 29.0 Å². The number of carboxylic acids is 1. The number of thioether (sulfide) groups is 1. The Balaban J connectivity index is 3.87. The molecule has 0 rings (SSSR count). The molecule has 0 aromatic heterocycles. The van der Waals surface area contributed by atoms with Gasteiger partial charge in [0.1, 0.15) is 12.7 Å². The van der Waals surface area contributed by atoms with Crippen molar-refractivity contribution in [3.05, 3.63) is 0 Å². The minimum Gasteiger partial charge on any atom is -0.481 e. The number of amides is 2. The van der Waals surface area contributed by atoms with E-state index in [1.807, 2.05) is 0 Å². The highest BCUT2D eigenvalue weighted by Crippen LogP contribution is 2.15. The zero-order valence-electron chi connectivity index (χ0n) is 34.8. The Kier molecular flexibility index (Phi) is 41.8. The summed E-state index contributed by atoms with van der Waals surface area (Å²) in [4.78, 5) is 35.6. The molecular formula is C44H86N2O6S. The molecule has 0 spiro atoms. The lowest BCUT2D eigenvalue weighted by Gasteiger charge is -2.18. The highest BCUT2D eigenvalue weighted by atomic mass is 32.2. The van der Waals surface area contributed by atoms with E-state index in [1.165, 1.54) is 192 Å². The molecule has 8 nitrogen and oxygen atoms in total. The minimum atomic E-state index is -0.865. The Morgan fingerprint density at radius 3 is 1.15 bits per heavy atom. The summed E-state index contributed by atoms with van der Waals surface area (Å²) in [7, 11) is 0. The summed E-state index contributed by atoms with van der Waals surface area (Å²) >= 11 is 1.38. The molecule has 0 aliphatic rings. The molecule has 9 heteroatoms. The fourth-order valence-electron chi connectivity index (χ4n) is 6.63. The van der Waals surface area contributed by atoms with Gasteiger partial charge in [-0.05, 0) is 12.8 Å². The quantitative estimate of drug-likeness (QED) is 0.0530. The summed E-state index contributed by atoms with van der Waals surface area (Å²) in [6, 6.07) is 0. The Labute approximate surface area is 331 Å². The van der Waals surface area contributed by atoms with Crippen LogP contribution in [0.3, 0.4) is 0 Å². The number of carbonyl (C=O) groups excluding carboxylic acids is 2. The second-order valence-corrected chi connectivity index (χ2v) is 16.5. The normalized spacial score (nSPS) is 11.7. The van der Waals surface area contributed by atoms with Gasteiger partial charge in [-0.3, -0.25) is 4.79 Å². The van der Waals surface area contributed by atoms with Crippen molar-refractivity contribution in [2.24, 2.45) is 0 Å². The van der Waals surface area contributed by atoms with Gasteiger partial charge in [0.2, 0.25) is 0 Å². The van der Waals surface area contributed by atoms with Crippen molar-refractivity contribution in [2.45, 2.75) is 232 Å². The summed E-state index contributed by atoms with van der Waals surface area (Å²) in [6.07, 6.45) is 40.2. The molecule has 53 heavy (non-hydrogen) atoms. The second kappa shape index (κ2) is 43.1. The van der Waals surface area contributed by atoms with E-state index in [9.17, 15) is 14.4 Å². The maximum Gasteiger partial charge on any atom is 0.407 e. The third kappa shape index (κ3) is 43.0. The van der Waals surface area contributed by atoms with Crippen LogP contribution < -0.4 is 10.6 Å². The first-order valence-corrected chi connectivity index (χ1v) is 23.8. The molecule has 0 saturated heterocycles. The molecule has 2 amide bonds. The SMILES string of the molecule is CCCCCCCCCCCCCCCCCCNC(=O)OCC(CSCCC(=O)O)OC(=O)NCCCCCCCCCCCCCCCCCC. The lowest BCUT2D eigenvalue weighted by molar-refractivity contribution is -0.136. The van der Waals surface area contributed by atoms with Crippen LogP contribution in [0, 0.1) is 0 Å². The highest BCUT2D eigenvalue weighted by Gasteiger charge is 2.17. The van der Waals surface area contributed by atoms with Crippen LogP contribution in [0.15, 0.2) is 0 Å². The van der Waals surface area contributed by atoms with Gasteiger partial charge in [0, 0.05) is 24.6 Å². The van der Waals surface area contributed by atoms with E-state index in [-0.39, 0.29) is 13.0 Å². The smallest absolute Gasteiger partial charge is 0.407 e. The summed E-state index contributed by atoms with van der Waals surface area (Å²) in [5.41, 5.74) is 0. The Morgan fingerprint density at radius 2 is 0.811 bits per heavy atom. The number of unbranched alkanes of at least 4 members (excludes halogenated alkanes) is 30. The van der Waals surface area contributed by atoms with Crippen molar-refractivity contribution in [1.82, 2.24) is 10.6 Å². The first kappa shape index (κ1) is 51.4. The summed E-state index contributed by atoms with van der Waals surface area (Å²) in [6.45, 7) is 5.60. The topological polar surface area (TPSA) is 114 Å². The van der Waals surface area contributed by atoms with E-state index in [0.29, 0.717) is 24.6 Å².